The number of carbonyl (C=O) groups is 1. The molecule has 128 valence electrons. The van der Waals surface area contributed by atoms with E-state index in [9.17, 15) is 4.79 Å². The number of urea groups is 1. The van der Waals surface area contributed by atoms with E-state index in [1.807, 2.05) is 29.5 Å². The van der Waals surface area contributed by atoms with Crippen molar-refractivity contribution >= 4 is 6.03 Å². The maximum Gasteiger partial charge on any atom is 0.317 e. The number of nitrogens with zero attached hydrogens (tertiary/aromatic N) is 3. The standard InChI is InChI=1S/C18H24N4O2/c1-18(2)13-22(9-10-24-18)17(23)20-11-15-3-5-16(6-4-15)12-21-8-7-19-14-21/h3-8,14H,9-13H2,1-2H3,(H,20,23). The monoisotopic (exact) mass is 328 g/mol. The highest BCUT2D eigenvalue weighted by Crippen LogP contribution is 2.16. The van der Waals surface area contributed by atoms with E-state index in [2.05, 4.69) is 34.6 Å². The second-order valence-electron chi connectivity index (χ2n) is 6.74. The van der Waals surface area contributed by atoms with Crippen LogP contribution >= 0.6 is 0 Å². The first-order chi connectivity index (χ1) is 11.5. The molecule has 2 amide bonds. The van der Waals surface area contributed by atoms with Crippen molar-refractivity contribution in [3.8, 4) is 0 Å². The zero-order valence-corrected chi connectivity index (χ0v) is 14.2. The predicted molar refractivity (Wildman–Crippen MR) is 91.6 cm³/mol. The lowest BCUT2D eigenvalue weighted by atomic mass is 10.1. The van der Waals surface area contributed by atoms with Crippen LogP contribution in [-0.2, 0) is 17.8 Å². The molecule has 0 spiro atoms. The molecule has 1 aliphatic rings. The lowest BCUT2D eigenvalue weighted by Crippen LogP contribution is -2.53. The molecule has 24 heavy (non-hydrogen) atoms. The number of imidazole rings is 1. The minimum Gasteiger partial charge on any atom is -0.372 e. The Balaban J connectivity index is 1.50. The normalized spacial score (nSPS) is 16.8. The summed E-state index contributed by atoms with van der Waals surface area (Å²) < 4.78 is 7.66. The quantitative estimate of drug-likeness (QED) is 0.936. The first-order valence-corrected chi connectivity index (χ1v) is 8.22. The number of carbonyl (C=O) groups excluding carboxylic acids is 1. The molecule has 1 N–H and O–H groups in total. The van der Waals surface area contributed by atoms with E-state index < -0.39 is 0 Å². The zero-order chi connectivity index (χ0) is 17.0. The highest BCUT2D eigenvalue weighted by atomic mass is 16.5. The van der Waals surface area contributed by atoms with Crippen LogP contribution in [0.3, 0.4) is 0 Å². The van der Waals surface area contributed by atoms with Gasteiger partial charge < -0.3 is 19.5 Å². The summed E-state index contributed by atoms with van der Waals surface area (Å²) in [7, 11) is 0. The first kappa shape index (κ1) is 16.5. The van der Waals surface area contributed by atoms with Crippen LogP contribution in [0.2, 0.25) is 0 Å². The van der Waals surface area contributed by atoms with Gasteiger partial charge in [-0.3, -0.25) is 0 Å². The number of rotatable bonds is 4. The van der Waals surface area contributed by atoms with E-state index >= 15 is 0 Å². The molecule has 0 radical (unpaired) electrons. The summed E-state index contributed by atoms with van der Waals surface area (Å²) in [4.78, 5) is 18.1. The van der Waals surface area contributed by atoms with Crippen LogP contribution in [0.5, 0.6) is 0 Å². The maximum atomic E-state index is 12.3. The van der Waals surface area contributed by atoms with Crippen molar-refractivity contribution in [3.63, 3.8) is 0 Å². The van der Waals surface area contributed by atoms with Gasteiger partial charge in [0.15, 0.2) is 0 Å². The van der Waals surface area contributed by atoms with Crippen molar-refractivity contribution in [2.75, 3.05) is 19.7 Å². The Morgan fingerprint density at radius 2 is 2.04 bits per heavy atom. The van der Waals surface area contributed by atoms with Crippen molar-refractivity contribution in [2.45, 2.75) is 32.5 Å². The summed E-state index contributed by atoms with van der Waals surface area (Å²) in [6.07, 6.45) is 5.52. The molecule has 3 rings (SSSR count). The molecule has 6 nitrogen and oxygen atoms in total. The van der Waals surface area contributed by atoms with E-state index in [1.165, 1.54) is 5.56 Å². The molecule has 1 aromatic carbocycles. The van der Waals surface area contributed by atoms with E-state index in [0.717, 1.165) is 12.1 Å². The largest absolute Gasteiger partial charge is 0.372 e. The molecule has 1 fully saturated rings. The van der Waals surface area contributed by atoms with Crippen LogP contribution in [-0.4, -0.2) is 45.8 Å². The maximum absolute atomic E-state index is 12.3. The molecule has 0 atom stereocenters. The SMILES string of the molecule is CC1(C)CN(C(=O)NCc2ccc(Cn3ccnc3)cc2)CCO1. The highest BCUT2D eigenvalue weighted by molar-refractivity contribution is 5.74. The number of amides is 2. The second-order valence-corrected chi connectivity index (χ2v) is 6.74. The Bertz CT molecular complexity index is 665. The number of aromatic nitrogens is 2. The lowest BCUT2D eigenvalue weighted by molar-refractivity contribution is -0.0733. The average molecular weight is 328 g/mol. The smallest absolute Gasteiger partial charge is 0.317 e. The summed E-state index contributed by atoms with van der Waals surface area (Å²) in [5.74, 6) is 0. The highest BCUT2D eigenvalue weighted by Gasteiger charge is 2.29. The van der Waals surface area contributed by atoms with Gasteiger partial charge in [-0.1, -0.05) is 24.3 Å². The fraction of sp³-hybridized carbons (Fsp3) is 0.444. The molecule has 1 aromatic heterocycles. The zero-order valence-electron chi connectivity index (χ0n) is 14.2. The molecule has 1 saturated heterocycles. The molecule has 2 heterocycles. The van der Waals surface area contributed by atoms with Crippen LogP contribution in [0.25, 0.3) is 0 Å². The average Bonchev–Trinajstić information content (AvgIpc) is 3.06. The molecule has 0 bridgehead atoms. The third kappa shape index (κ3) is 4.35. The molecule has 0 aliphatic carbocycles. The summed E-state index contributed by atoms with van der Waals surface area (Å²) in [6.45, 7) is 7.18. The van der Waals surface area contributed by atoms with Crippen molar-refractivity contribution in [3.05, 3.63) is 54.1 Å². The molecule has 0 saturated carbocycles. The molecule has 1 aliphatic heterocycles. The lowest BCUT2D eigenvalue weighted by Gasteiger charge is -2.38. The third-order valence-electron chi connectivity index (χ3n) is 4.10. The van der Waals surface area contributed by atoms with Gasteiger partial charge in [0.1, 0.15) is 0 Å². The van der Waals surface area contributed by atoms with Crippen LogP contribution in [0, 0.1) is 0 Å². The van der Waals surface area contributed by atoms with Gasteiger partial charge in [0.05, 0.1) is 25.1 Å². The van der Waals surface area contributed by atoms with Crippen LogP contribution in [0.15, 0.2) is 43.0 Å². The van der Waals surface area contributed by atoms with Crippen molar-refractivity contribution in [1.29, 1.82) is 0 Å². The van der Waals surface area contributed by atoms with Crippen LogP contribution in [0.1, 0.15) is 25.0 Å². The molecular weight excluding hydrogens is 304 g/mol. The molecule has 6 heteroatoms. The molecule has 0 unspecified atom stereocenters. The number of hydrogen-bond acceptors (Lipinski definition) is 3. The fourth-order valence-electron chi connectivity index (χ4n) is 2.83. The first-order valence-electron chi connectivity index (χ1n) is 8.22. The minimum atomic E-state index is -0.273. The van der Waals surface area contributed by atoms with E-state index in [1.54, 1.807) is 12.5 Å². The summed E-state index contributed by atoms with van der Waals surface area (Å²) in [6, 6.07) is 8.23. The number of hydrogen-bond donors (Lipinski definition) is 1. The van der Waals surface area contributed by atoms with Gasteiger partial charge >= 0.3 is 6.03 Å². The number of ether oxygens (including phenoxy) is 1. The van der Waals surface area contributed by atoms with Crippen molar-refractivity contribution in [2.24, 2.45) is 0 Å². The topological polar surface area (TPSA) is 59.4 Å². The van der Waals surface area contributed by atoms with Gasteiger partial charge in [-0.2, -0.15) is 0 Å². The van der Waals surface area contributed by atoms with Gasteiger partial charge in [0, 0.05) is 32.0 Å². The Labute approximate surface area is 142 Å². The van der Waals surface area contributed by atoms with Crippen LogP contribution < -0.4 is 5.32 Å². The van der Waals surface area contributed by atoms with Gasteiger partial charge in [-0.05, 0) is 25.0 Å². The Kier molecular flexibility index (Phi) is 4.85. The van der Waals surface area contributed by atoms with Gasteiger partial charge in [0.2, 0.25) is 0 Å². The van der Waals surface area contributed by atoms with E-state index in [0.29, 0.717) is 26.2 Å². The predicted octanol–water partition coefficient (Wildman–Crippen LogP) is 2.25. The number of morpholine rings is 1. The second kappa shape index (κ2) is 7.05. The minimum absolute atomic E-state index is 0.0335. The number of nitrogens with one attached hydrogen (secondary N) is 1. The molecular formula is C18H24N4O2. The molecule has 2 aromatic rings. The van der Waals surface area contributed by atoms with Crippen molar-refractivity contribution in [1.82, 2.24) is 19.8 Å². The summed E-state index contributed by atoms with van der Waals surface area (Å²) >= 11 is 0. The summed E-state index contributed by atoms with van der Waals surface area (Å²) in [5.41, 5.74) is 2.02. The third-order valence-corrected chi connectivity index (χ3v) is 4.10. The van der Waals surface area contributed by atoms with Gasteiger partial charge in [-0.25, -0.2) is 9.78 Å². The number of benzene rings is 1. The van der Waals surface area contributed by atoms with Crippen molar-refractivity contribution < 1.29 is 9.53 Å². The van der Waals surface area contributed by atoms with E-state index in [-0.39, 0.29) is 11.6 Å². The Morgan fingerprint density at radius 3 is 2.71 bits per heavy atom. The fourth-order valence-corrected chi connectivity index (χ4v) is 2.83. The summed E-state index contributed by atoms with van der Waals surface area (Å²) in [5, 5.41) is 2.99. The van der Waals surface area contributed by atoms with Crippen LogP contribution in [0.4, 0.5) is 4.79 Å². The van der Waals surface area contributed by atoms with Gasteiger partial charge in [-0.15, -0.1) is 0 Å². The van der Waals surface area contributed by atoms with Gasteiger partial charge in [0.25, 0.3) is 0 Å². The Hall–Kier alpha value is -2.34. The Morgan fingerprint density at radius 1 is 1.29 bits per heavy atom. The van der Waals surface area contributed by atoms with E-state index in [4.69, 9.17) is 4.74 Å².